The van der Waals surface area contributed by atoms with Gasteiger partial charge in [-0.15, -0.1) is 19.3 Å². The lowest BCUT2D eigenvalue weighted by Gasteiger charge is -2.17. The number of hydrogen-bond acceptors (Lipinski definition) is 5. The molecule has 0 amide bonds. The van der Waals surface area contributed by atoms with Crippen LogP contribution in [0, 0.1) is 69.0 Å². The van der Waals surface area contributed by atoms with E-state index in [9.17, 15) is 10.0 Å². The van der Waals surface area contributed by atoms with Crippen LogP contribution in [0.15, 0.2) is 0 Å². The van der Waals surface area contributed by atoms with Gasteiger partial charge in [-0.2, -0.15) is 9.62 Å². The highest BCUT2D eigenvalue weighted by Crippen LogP contribution is 2.32. The molecule has 118 valence electrons. The number of carbonyl (C=O) groups excluding carboxylic acids is 1. The summed E-state index contributed by atoms with van der Waals surface area (Å²) in [4.78, 5) is 21.3. The molecule has 6 nitrogen and oxygen atoms in total. The van der Waals surface area contributed by atoms with Crippen molar-refractivity contribution in [3.63, 3.8) is 0 Å². The molecule has 0 atom stereocenters. The van der Waals surface area contributed by atoms with Crippen molar-refractivity contribution in [1.29, 1.82) is 0 Å². The summed E-state index contributed by atoms with van der Waals surface area (Å²) in [6.45, 7) is 1.13. The maximum Gasteiger partial charge on any atom is 0.354 e. The van der Waals surface area contributed by atoms with Crippen molar-refractivity contribution in [3.8, 4) is 62.1 Å². The van der Waals surface area contributed by atoms with E-state index in [-0.39, 0.29) is 29.1 Å². The number of esters is 1. The van der Waals surface area contributed by atoms with Crippen LogP contribution >= 0.6 is 0 Å². The summed E-state index contributed by atoms with van der Waals surface area (Å²) in [6.07, 6.45) is 29.6. The summed E-state index contributed by atoms with van der Waals surface area (Å²) in [5, 5.41) is 10.3. The molecule has 0 saturated heterocycles. The first-order valence-corrected chi connectivity index (χ1v) is 6.22. The molecule has 0 radical (unpaired) electrons. The number of carbonyl (C=O) groups is 1. The van der Waals surface area contributed by atoms with Crippen LogP contribution < -0.4 is 0 Å². The van der Waals surface area contributed by atoms with Crippen molar-refractivity contribution >= 4 is 5.97 Å². The largest absolute Gasteiger partial charge is 0.428 e. The van der Waals surface area contributed by atoms with Gasteiger partial charge in [0.2, 0.25) is 0 Å². The lowest BCUT2D eigenvalue weighted by atomic mass is 9.84. The van der Waals surface area contributed by atoms with Crippen molar-refractivity contribution in [3.05, 3.63) is 22.5 Å². The Kier molecular flexibility index (Phi) is 5.60. The van der Waals surface area contributed by atoms with Crippen LogP contribution in [0.5, 0.6) is 0 Å². The standard InChI is InChI=1S/C18H11NO5/c1-7-18(8-2,9-3)16-15(17(20)22-10-4)14(12-24-23-11-5)13(6)19(16)21/h1-5,21H,12H2,6H3. The van der Waals surface area contributed by atoms with Gasteiger partial charge in [-0.3, -0.25) is 4.89 Å². The third-order valence-corrected chi connectivity index (χ3v) is 3.18. The lowest BCUT2D eigenvalue weighted by molar-refractivity contribution is -0.246. The second-order valence-corrected chi connectivity index (χ2v) is 4.25. The van der Waals surface area contributed by atoms with Crippen LogP contribution in [-0.4, -0.2) is 15.9 Å². The second kappa shape index (κ2) is 7.40. The summed E-state index contributed by atoms with van der Waals surface area (Å²) in [7, 11) is 0. The Morgan fingerprint density at radius 2 is 1.75 bits per heavy atom. The third-order valence-electron chi connectivity index (χ3n) is 3.18. The van der Waals surface area contributed by atoms with Crippen LogP contribution in [0.1, 0.15) is 27.3 Å². The second-order valence-electron chi connectivity index (χ2n) is 4.25. The fourth-order valence-electron chi connectivity index (χ4n) is 2.03. The number of ether oxygens (including phenoxy) is 1. The van der Waals surface area contributed by atoms with Crippen LogP contribution in [0.4, 0.5) is 0 Å². The fourth-order valence-corrected chi connectivity index (χ4v) is 2.03. The Hall–Kier alpha value is -3.89. The van der Waals surface area contributed by atoms with Gasteiger partial charge in [0.1, 0.15) is 18.4 Å². The van der Waals surface area contributed by atoms with Crippen molar-refractivity contribution in [1.82, 2.24) is 4.73 Å². The Balaban J connectivity index is 3.76. The number of aromatic nitrogens is 1. The highest BCUT2D eigenvalue weighted by Gasteiger charge is 2.39. The van der Waals surface area contributed by atoms with E-state index in [0.717, 1.165) is 0 Å². The minimum absolute atomic E-state index is 0.133. The van der Waals surface area contributed by atoms with Crippen molar-refractivity contribution in [2.45, 2.75) is 18.9 Å². The number of rotatable bonds is 5. The summed E-state index contributed by atoms with van der Waals surface area (Å²) < 4.78 is 5.12. The molecule has 6 heteroatoms. The molecule has 0 aromatic carbocycles. The molecule has 1 rings (SSSR count). The first kappa shape index (κ1) is 18.2. The van der Waals surface area contributed by atoms with Gasteiger partial charge < -0.3 is 9.94 Å². The van der Waals surface area contributed by atoms with E-state index in [1.807, 2.05) is 0 Å². The quantitative estimate of drug-likeness (QED) is 0.218. The van der Waals surface area contributed by atoms with Gasteiger partial charge in [0.25, 0.3) is 0 Å². The van der Waals surface area contributed by atoms with Gasteiger partial charge in [-0.05, 0) is 6.92 Å². The summed E-state index contributed by atoms with van der Waals surface area (Å²) in [5.41, 5.74) is -2.02. The third kappa shape index (κ3) is 2.85. The number of hydrogen-bond donors (Lipinski definition) is 1. The first-order chi connectivity index (χ1) is 11.4. The van der Waals surface area contributed by atoms with E-state index in [4.69, 9.17) is 37.0 Å². The van der Waals surface area contributed by atoms with E-state index in [1.54, 1.807) is 12.2 Å². The Morgan fingerprint density at radius 1 is 1.17 bits per heavy atom. The minimum Gasteiger partial charge on any atom is -0.428 e. The highest BCUT2D eigenvalue weighted by molar-refractivity contribution is 5.95. The molecular formula is C18H11NO5. The summed E-state index contributed by atoms with van der Waals surface area (Å²) >= 11 is 0. The molecule has 0 bridgehead atoms. The average Bonchev–Trinajstić information content (AvgIpc) is 2.83. The van der Waals surface area contributed by atoms with Gasteiger partial charge in [-0.1, -0.05) is 30.6 Å². The van der Waals surface area contributed by atoms with Crippen LogP contribution in [-0.2, 0) is 26.5 Å². The van der Waals surface area contributed by atoms with Gasteiger partial charge in [-0.25, -0.2) is 4.79 Å². The zero-order valence-corrected chi connectivity index (χ0v) is 12.6. The highest BCUT2D eigenvalue weighted by atomic mass is 17.2. The number of nitrogens with zero attached hydrogens (tertiary/aromatic N) is 1. The van der Waals surface area contributed by atoms with E-state index in [1.165, 1.54) is 6.92 Å². The van der Waals surface area contributed by atoms with Crippen molar-refractivity contribution < 1.29 is 24.5 Å². The van der Waals surface area contributed by atoms with Crippen LogP contribution in [0.2, 0.25) is 0 Å². The molecular weight excluding hydrogens is 310 g/mol. The Bertz CT molecular complexity index is 835. The van der Waals surface area contributed by atoms with E-state index in [2.05, 4.69) is 27.4 Å². The maximum atomic E-state index is 12.2. The Morgan fingerprint density at radius 3 is 2.21 bits per heavy atom. The normalized spacial score (nSPS) is 9.50. The van der Waals surface area contributed by atoms with Crippen molar-refractivity contribution in [2.24, 2.45) is 0 Å². The predicted molar refractivity (Wildman–Crippen MR) is 83.5 cm³/mol. The molecule has 0 aliphatic heterocycles. The zero-order valence-electron chi connectivity index (χ0n) is 12.6. The summed E-state index contributed by atoms with van der Waals surface area (Å²) in [5.74, 6) is 5.59. The average molecular weight is 321 g/mol. The smallest absolute Gasteiger partial charge is 0.354 e. The number of terminal acetylenes is 5. The molecule has 1 heterocycles. The summed E-state index contributed by atoms with van der Waals surface area (Å²) in [6, 6.07) is 0. The molecule has 0 fully saturated rings. The molecule has 24 heavy (non-hydrogen) atoms. The molecule has 0 spiro atoms. The topological polar surface area (TPSA) is 69.9 Å². The van der Waals surface area contributed by atoms with E-state index < -0.39 is 11.4 Å². The maximum absolute atomic E-state index is 12.2. The molecule has 0 unspecified atom stereocenters. The van der Waals surface area contributed by atoms with Gasteiger partial charge in [0.05, 0.1) is 11.3 Å². The van der Waals surface area contributed by atoms with E-state index in [0.29, 0.717) is 4.73 Å². The van der Waals surface area contributed by atoms with Crippen LogP contribution in [0.25, 0.3) is 0 Å². The SMILES string of the molecule is C#COOCc1c(C(=O)OC#C)c(C(C#C)(C#C)C#C)n(O)c1C. The predicted octanol–water partition coefficient (Wildman–Crippen LogP) is 0.958. The lowest BCUT2D eigenvalue weighted by Crippen LogP contribution is -2.26. The van der Waals surface area contributed by atoms with Crippen molar-refractivity contribution in [2.75, 3.05) is 0 Å². The first-order valence-electron chi connectivity index (χ1n) is 6.22. The van der Waals surface area contributed by atoms with Gasteiger partial charge in [0.15, 0.2) is 11.5 Å². The fraction of sp³-hybridized carbons (Fsp3) is 0.167. The molecule has 1 N–H and O–H groups in total. The van der Waals surface area contributed by atoms with Gasteiger partial charge in [0, 0.05) is 5.56 Å². The molecule has 1 aromatic rings. The van der Waals surface area contributed by atoms with E-state index >= 15 is 0 Å². The monoisotopic (exact) mass is 321 g/mol. The molecule has 0 aliphatic carbocycles. The molecule has 0 saturated carbocycles. The van der Waals surface area contributed by atoms with Crippen LogP contribution in [0.3, 0.4) is 0 Å². The zero-order chi connectivity index (χ0) is 18.3. The molecule has 0 aliphatic rings. The Labute approximate surface area is 139 Å². The van der Waals surface area contributed by atoms with Gasteiger partial charge >= 0.3 is 5.97 Å². The minimum atomic E-state index is -1.83. The molecule has 1 aromatic heterocycles.